The molecule has 0 aliphatic heterocycles. The van der Waals surface area contributed by atoms with Gasteiger partial charge in [0, 0.05) is 18.2 Å². The van der Waals surface area contributed by atoms with E-state index in [0.29, 0.717) is 16.9 Å². The van der Waals surface area contributed by atoms with Gasteiger partial charge in [-0.15, -0.1) is 0 Å². The molecule has 1 aliphatic rings. The van der Waals surface area contributed by atoms with Crippen molar-refractivity contribution in [1.82, 2.24) is 19.7 Å². The molecule has 0 unspecified atom stereocenters. The van der Waals surface area contributed by atoms with Crippen LogP contribution in [0.2, 0.25) is 0 Å². The minimum absolute atomic E-state index is 0.377. The molecular weight excluding hydrogens is 289 g/mol. The molecule has 2 heterocycles. The van der Waals surface area contributed by atoms with Gasteiger partial charge < -0.3 is 0 Å². The van der Waals surface area contributed by atoms with Gasteiger partial charge in [-0.2, -0.15) is 18.3 Å². The van der Waals surface area contributed by atoms with Crippen molar-refractivity contribution in [2.45, 2.75) is 30.1 Å². The van der Waals surface area contributed by atoms with Gasteiger partial charge in [0.05, 0.1) is 17.5 Å². The molecule has 0 N–H and O–H groups in total. The Balaban J connectivity index is 2.00. The molecular formula is C12H11F3N4S. The summed E-state index contributed by atoms with van der Waals surface area (Å²) >= 11 is 1.36. The SMILES string of the molecule is CSc1nc(C2CC2)cc(-n2cc(C(F)(F)F)cn2)n1. The summed E-state index contributed by atoms with van der Waals surface area (Å²) in [6.45, 7) is 0. The Morgan fingerprint density at radius 2 is 2.05 bits per heavy atom. The van der Waals surface area contributed by atoms with Crippen LogP contribution in [-0.2, 0) is 6.18 Å². The Hall–Kier alpha value is -1.57. The zero-order valence-electron chi connectivity index (χ0n) is 10.6. The highest BCUT2D eigenvalue weighted by Crippen LogP contribution is 2.39. The predicted octanol–water partition coefficient (Wildman–Crippen LogP) is 3.28. The van der Waals surface area contributed by atoms with Gasteiger partial charge in [-0.05, 0) is 19.1 Å². The van der Waals surface area contributed by atoms with E-state index in [1.165, 1.54) is 11.8 Å². The molecule has 20 heavy (non-hydrogen) atoms. The first kappa shape index (κ1) is 13.4. The van der Waals surface area contributed by atoms with Crippen molar-refractivity contribution in [2.24, 2.45) is 0 Å². The second kappa shape index (κ2) is 4.76. The number of nitrogens with zero attached hydrogens (tertiary/aromatic N) is 4. The van der Waals surface area contributed by atoms with Crippen molar-refractivity contribution in [2.75, 3.05) is 6.26 Å². The molecule has 0 atom stereocenters. The lowest BCUT2D eigenvalue weighted by Crippen LogP contribution is -2.05. The largest absolute Gasteiger partial charge is 0.419 e. The predicted molar refractivity (Wildman–Crippen MR) is 67.9 cm³/mol. The van der Waals surface area contributed by atoms with Crippen molar-refractivity contribution in [3.63, 3.8) is 0 Å². The molecule has 4 nitrogen and oxygen atoms in total. The number of aromatic nitrogens is 4. The molecule has 106 valence electrons. The topological polar surface area (TPSA) is 43.6 Å². The third kappa shape index (κ3) is 2.65. The minimum Gasteiger partial charge on any atom is -0.227 e. The van der Waals surface area contributed by atoms with Gasteiger partial charge in [-0.1, -0.05) is 11.8 Å². The molecule has 2 aromatic heterocycles. The summed E-state index contributed by atoms with van der Waals surface area (Å²) in [5.74, 6) is 0.780. The number of thioether (sulfide) groups is 1. The fourth-order valence-electron chi connectivity index (χ4n) is 1.82. The van der Waals surface area contributed by atoms with Crippen LogP contribution in [-0.4, -0.2) is 26.0 Å². The maximum Gasteiger partial charge on any atom is 0.419 e. The van der Waals surface area contributed by atoms with Crippen LogP contribution in [0, 0.1) is 0 Å². The molecule has 0 spiro atoms. The Kier molecular flexibility index (Phi) is 3.19. The van der Waals surface area contributed by atoms with Crippen LogP contribution in [0.25, 0.3) is 5.82 Å². The van der Waals surface area contributed by atoms with Gasteiger partial charge >= 0.3 is 6.18 Å². The zero-order valence-corrected chi connectivity index (χ0v) is 11.4. The van der Waals surface area contributed by atoms with Crippen LogP contribution in [0.3, 0.4) is 0 Å². The van der Waals surface area contributed by atoms with E-state index in [2.05, 4.69) is 15.1 Å². The Bertz CT molecular complexity index is 634. The highest BCUT2D eigenvalue weighted by molar-refractivity contribution is 7.98. The first-order valence-corrected chi connectivity index (χ1v) is 7.25. The summed E-state index contributed by atoms with van der Waals surface area (Å²) in [6, 6.07) is 1.71. The lowest BCUT2D eigenvalue weighted by molar-refractivity contribution is -0.137. The standard InChI is InChI=1S/C12H11F3N4S/c1-20-11-17-9(7-2-3-7)4-10(18-11)19-6-8(5-16-19)12(13,14)15/h4-7H,2-3H2,1H3. The summed E-state index contributed by atoms with van der Waals surface area (Å²) in [7, 11) is 0. The fraction of sp³-hybridized carbons (Fsp3) is 0.417. The van der Waals surface area contributed by atoms with Crippen LogP contribution in [0.4, 0.5) is 13.2 Å². The van der Waals surface area contributed by atoms with Crippen LogP contribution in [0.1, 0.15) is 30.0 Å². The van der Waals surface area contributed by atoms with Crippen molar-refractivity contribution in [3.8, 4) is 5.82 Å². The van der Waals surface area contributed by atoms with Gasteiger partial charge in [0.2, 0.25) is 0 Å². The van der Waals surface area contributed by atoms with Crippen molar-refractivity contribution in [3.05, 3.63) is 29.7 Å². The highest BCUT2D eigenvalue weighted by atomic mass is 32.2. The highest BCUT2D eigenvalue weighted by Gasteiger charge is 2.32. The number of alkyl halides is 3. The molecule has 0 bridgehead atoms. The maximum absolute atomic E-state index is 12.6. The smallest absolute Gasteiger partial charge is 0.227 e. The minimum atomic E-state index is -4.40. The molecule has 0 amide bonds. The summed E-state index contributed by atoms with van der Waals surface area (Å²) in [5.41, 5.74) is 0.0956. The Morgan fingerprint density at radius 1 is 1.30 bits per heavy atom. The first-order chi connectivity index (χ1) is 9.47. The summed E-state index contributed by atoms with van der Waals surface area (Å²) in [5, 5.41) is 4.30. The third-order valence-electron chi connectivity index (χ3n) is 3.03. The van der Waals surface area contributed by atoms with E-state index < -0.39 is 11.7 Å². The van der Waals surface area contributed by atoms with Crippen molar-refractivity contribution in [1.29, 1.82) is 0 Å². The van der Waals surface area contributed by atoms with Gasteiger partial charge in [-0.3, -0.25) is 0 Å². The molecule has 0 aromatic carbocycles. The summed E-state index contributed by atoms with van der Waals surface area (Å²) < 4.78 is 38.9. The molecule has 8 heteroatoms. The molecule has 1 aliphatic carbocycles. The van der Waals surface area contributed by atoms with Crippen LogP contribution in [0.5, 0.6) is 0 Å². The van der Waals surface area contributed by atoms with E-state index in [-0.39, 0.29) is 0 Å². The molecule has 3 rings (SSSR count). The second-order valence-electron chi connectivity index (χ2n) is 4.58. The van der Waals surface area contributed by atoms with Gasteiger partial charge in [0.15, 0.2) is 11.0 Å². The van der Waals surface area contributed by atoms with E-state index in [9.17, 15) is 13.2 Å². The van der Waals surface area contributed by atoms with E-state index in [4.69, 9.17) is 0 Å². The van der Waals surface area contributed by atoms with Crippen LogP contribution < -0.4 is 0 Å². The van der Waals surface area contributed by atoms with E-state index >= 15 is 0 Å². The summed E-state index contributed by atoms with van der Waals surface area (Å²) in [4.78, 5) is 8.60. The van der Waals surface area contributed by atoms with Gasteiger partial charge in [0.25, 0.3) is 0 Å². The summed E-state index contributed by atoms with van der Waals surface area (Å²) in [6.07, 6.45) is 1.32. The average Bonchev–Trinajstić information content (AvgIpc) is 3.13. The van der Waals surface area contributed by atoms with E-state index in [1.54, 1.807) is 6.07 Å². The first-order valence-electron chi connectivity index (χ1n) is 6.02. The number of hydrogen-bond acceptors (Lipinski definition) is 4. The molecule has 0 saturated heterocycles. The van der Waals surface area contributed by atoms with E-state index in [0.717, 1.165) is 35.6 Å². The average molecular weight is 300 g/mol. The molecule has 1 saturated carbocycles. The lowest BCUT2D eigenvalue weighted by atomic mass is 10.3. The Morgan fingerprint density at radius 3 is 2.60 bits per heavy atom. The second-order valence-corrected chi connectivity index (χ2v) is 5.36. The number of halogens is 3. The monoisotopic (exact) mass is 300 g/mol. The van der Waals surface area contributed by atoms with Gasteiger partial charge in [-0.25, -0.2) is 14.6 Å². The van der Waals surface area contributed by atoms with Gasteiger partial charge in [0.1, 0.15) is 0 Å². The number of hydrogen-bond donors (Lipinski definition) is 0. The normalized spacial score (nSPS) is 15.6. The zero-order chi connectivity index (χ0) is 14.3. The molecule has 0 radical (unpaired) electrons. The van der Waals surface area contributed by atoms with Crippen LogP contribution >= 0.6 is 11.8 Å². The van der Waals surface area contributed by atoms with E-state index in [1.807, 2.05) is 6.26 Å². The quantitative estimate of drug-likeness (QED) is 0.644. The van der Waals surface area contributed by atoms with Crippen molar-refractivity contribution >= 4 is 11.8 Å². The maximum atomic E-state index is 12.6. The third-order valence-corrected chi connectivity index (χ3v) is 3.58. The Labute approximate surface area is 117 Å². The molecule has 2 aromatic rings. The van der Waals surface area contributed by atoms with Crippen molar-refractivity contribution < 1.29 is 13.2 Å². The number of rotatable bonds is 3. The lowest BCUT2D eigenvalue weighted by Gasteiger charge is -2.06. The van der Waals surface area contributed by atoms with Crippen LogP contribution in [0.15, 0.2) is 23.6 Å². The molecule has 1 fully saturated rings. The fourth-order valence-corrected chi connectivity index (χ4v) is 2.20.